The fourth-order valence-electron chi connectivity index (χ4n) is 5.12. The Labute approximate surface area is 245 Å². The Bertz CT molecular complexity index is 1510. The number of carbonyl (C=O) groups is 2. The van der Waals surface area contributed by atoms with Crippen LogP contribution in [0.5, 0.6) is 0 Å². The molecule has 2 amide bonds. The highest BCUT2D eigenvalue weighted by Gasteiger charge is 2.56. The SMILES string of the molecule is CC1CN(C(=O)OC(C)(C)C)C2(CC2)CN1c1cc(F)cc(-c2ccc3cnc(CNC(=O)OC(C)(C)C)cc3n2)n1. The number of carbonyl (C=O) groups excluding carboxylic acids is 2. The van der Waals surface area contributed by atoms with Crippen LogP contribution in [0.25, 0.3) is 22.3 Å². The van der Waals surface area contributed by atoms with E-state index in [-0.39, 0.29) is 24.2 Å². The van der Waals surface area contributed by atoms with Gasteiger partial charge in [-0.3, -0.25) is 9.88 Å². The monoisotopic (exact) mass is 578 g/mol. The second kappa shape index (κ2) is 10.7. The maximum atomic E-state index is 15.0. The zero-order valence-electron chi connectivity index (χ0n) is 25.3. The lowest BCUT2D eigenvalue weighted by Gasteiger charge is -2.46. The van der Waals surface area contributed by atoms with E-state index in [1.165, 1.54) is 12.1 Å². The van der Waals surface area contributed by atoms with Crippen LogP contribution in [0.15, 0.2) is 36.5 Å². The van der Waals surface area contributed by atoms with Gasteiger partial charge >= 0.3 is 12.2 Å². The van der Waals surface area contributed by atoms with Gasteiger partial charge in [0.2, 0.25) is 0 Å². The molecule has 1 aliphatic heterocycles. The minimum atomic E-state index is -0.600. The Hall–Kier alpha value is -4.02. The molecule has 10 nitrogen and oxygen atoms in total. The number of alkyl carbamates (subject to hydrolysis) is 1. The number of rotatable bonds is 4. The second-order valence-electron chi connectivity index (χ2n) is 13.2. The predicted octanol–water partition coefficient (Wildman–Crippen LogP) is 5.83. The third-order valence-corrected chi connectivity index (χ3v) is 7.23. The minimum absolute atomic E-state index is 0.0958. The normalized spacial score (nSPS) is 18.2. The molecule has 1 N–H and O–H groups in total. The minimum Gasteiger partial charge on any atom is -0.444 e. The standard InChI is InChI=1S/C31H39FN6O4/c1-19-17-38(28(40)42-30(5,6)7)31(10-11-31)18-37(19)26-13-21(32)12-25(36-26)23-9-8-20-15-33-22(14-24(20)35-23)16-34-27(39)41-29(2,3)4/h8-9,12-15,19H,10-11,16-18H2,1-7H3,(H,34,39). The van der Waals surface area contributed by atoms with E-state index in [4.69, 9.17) is 19.4 Å². The predicted molar refractivity (Wildman–Crippen MR) is 158 cm³/mol. The highest BCUT2D eigenvalue weighted by atomic mass is 19.1. The van der Waals surface area contributed by atoms with Gasteiger partial charge in [-0.25, -0.2) is 23.9 Å². The summed E-state index contributed by atoms with van der Waals surface area (Å²) in [6.07, 6.45) is 2.57. The van der Waals surface area contributed by atoms with E-state index in [1.54, 1.807) is 39.1 Å². The second-order valence-corrected chi connectivity index (χ2v) is 13.2. The van der Waals surface area contributed by atoms with Gasteiger partial charge in [0.1, 0.15) is 22.8 Å². The molecule has 224 valence electrons. The number of halogens is 1. The van der Waals surface area contributed by atoms with Crippen LogP contribution in [0.1, 0.15) is 67.0 Å². The number of amides is 2. The van der Waals surface area contributed by atoms with Crippen LogP contribution in [0.2, 0.25) is 0 Å². The molecular weight excluding hydrogens is 539 g/mol. The topological polar surface area (TPSA) is 110 Å². The summed E-state index contributed by atoms with van der Waals surface area (Å²) in [7, 11) is 0. The summed E-state index contributed by atoms with van der Waals surface area (Å²) in [6, 6.07) is 8.15. The molecule has 0 aromatic carbocycles. The molecule has 1 atom stereocenters. The van der Waals surface area contributed by atoms with Gasteiger partial charge in [0.25, 0.3) is 0 Å². The number of aromatic nitrogens is 3. The quantitative estimate of drug-likeness (QED) is 0.412. The molecule has 42 heavy (non-hydrogen) atoms. The van der Waals surface area contributed by atoms with E-state index in [2.05, 4.69) is 15.2 Å². The lowest BCUT2D eigenvalue weighted by molar-refractivity contribution is 0.00723. The molecule has 2 fully saturated rings. The van der Waals surface area contributed by atoms with Gasteiger partial charge in [-0.05, 0) is 79.5 Å². The molecule has 3 aromatic rings. The van der Waals surface area contributed by atoms with Crippen LogP contribution < -0.4 is 10.2 Å². The van der Waals surface area contributed by atoms with Crippen molar-refractivity contribution in [3.63, 3.8) is 0 Å². The number of hydrogen-bond acceptors (Lipinski definition) is 8. The van der Waals surface area contributed by atoms with Crippen molar-refractivity contribution in [2.24, 2.45) is 0 Å². The zero-order chi connectivity index (χ0) is 30.4. The molecule has 5 rings (SSSR count). The summed E-state index contributed by atoms with van der Waals surface area (Å²) in [5.41, 5.74) is 0.665. The first-order valence-corrected chi connectivity index (χ1v) is 14.3. The third kappa shape index (κ3) is 6.71. The first-order chi connectivity index (χ1) is 19.6. The van der Waals surface area contributed by atoms with E-state index < -0.39 is 23.1 Å². The summed E-state index contributed by atoms with van der Waals surface area (Å²) < 4.78 is 26.0. The first-order valence-electron chi connectivity index (χ1n) is 14.3. The molecule has 1 saturated carbocycles. The van der Waals surface area contributed by atoms with Crippen molar-refractivity contribution in [1.29, 1.82) is 0 Å². The van der Waals surface area contributed by atoms with Crippen LogP contribution in [-0.2, 0) is 16.0 Å². The molecule has 0 radical (unpaired) electrons. The Balaban J connectivity index is 1.36. The number of hydrogen-bond donors (Lipinski definition) is 1. The summed E-state index contributed by atoms with van der Waals surface area (Å²) >= 11 is 0. The van der Waals surface area contributed by atoms with Crippen molar-refractivity contribution in [2.75, 3.05) is 18.0 Å². The molecule has 2 aliphatic rings. The number of nitrogens with one attached hydrogen (secondary N) is 1. The van der Waals surface area contributed by atoms with Crippen LogP contribution >= 0.6 is 0 Å². The molecule has 1 aliphatic carbocycles. The lowest BCUT2D eigenvalue weighted by Crippen LogP contribution is -2.61. The summed E-state index contributed by atoms with van der Waals surface area (Å²) in [6.45, 7) is 14.2. The van der Waals surface area contributed by atoms with Crippen molar-refractivity contribution in [2.45, 2.75) is 90.6 Å². The van der Waals surface area contributed by atoms with Crippen LogP contribution in [0, 0.1) is 5.82 Å². The Kier molecular flexibility index (Phi) is 7.49. The van der Waals surface area contributed by atoms with Crippen LogP contribution in [-0.4, -0.2) is 67.9 Å². The lowest BCUT2D eigenvalue weighted by atomic mass is 10.1. The van der Waals surface area contributed by atoms with Crippen molar-refractivity contribution < 1.29 is 23.5 Å². The maximum Gasteiger partial charge on any atom is 0.410 e. The average Bonchev–Trinajstić information content (AvgIpc) is 3.65. The van der Waals surface area contributed by atoms with Gasteiger partial charge in [-0.2, -0.15) is 0 Å². The van der Waals surface area contributed by atoms with Gasteiger partial charge in [-0.15, -0.1) is 0 Å². The number of nitrogens with zero attached hydrogens (tertiary/aromatic N) is 5. The van der Waals surface area contributed by atoms with E-state index in [1.807, 2.05) is 38.7 Å². The fraction of sp³-hybridized carbons (Fsp3) is 0.516. The first kappa shape index (κ1) is 29.5. The van der Waals surface area contributed by atoms with E-state index in [9.17, 15) is 9.59 Å². The summed E-state index contributed by atoms with van der Waals surface area (Å²) in [4.78, 5) is 42.9. The molecular formula is C31H39FN6O4. The molecule has 3 aromatic heterocycles. The Morgan fingerprint density at radius 1 is 1.02 bits per heavy atom. The molecule has 11 heteroatoms. The number of piperazine rings is 1. The number of pyridine rings is 3. The third-order valence-electron chi connectivity index (χ3n) is 7.23. The maximum absolute atomic E-state index is 15.0. The molecule has 1 spiro atoms. The van der Waals surface area contributed by atoms with Crippen molar-refractivity contribution in [1.82, 2.24) is 25.2 Å². The smallest absolute Gasteiger partial charge is 0.410 e. The van der Waals surface area contributed by atoms with E-state index in [0.717, 1.165) is 18.2 Å². The van der Waals surface area contributed by atoms with Crippen molar-refractivity contribution >= 4 is 28.9 Å². The van der Waals surface area contributed by atoms with Gasteiger partial charge in [0, 0.05) is 42.8 Å². The summed E-state index contributed by atoms with van der Waals surface area (Å²) in [5.74, 6) is 0.0898. The fourth-order valence-corrected chi connectivity index (χ4v) is 5.12. The zero-order valence-corrected chi connectivity index (χ0v) is 25.3. The molecule has 0 bridgehead atoms. The largest absolute Gasteiger partial charge is 0.444 e. The van der Waals surface area contributed by atoms with Gasteiger partial charge < -0.3 is 19.7 Å². The van der Waals surface area contributed by atoms with Crippen LogP contribution in [0.4, 0.5) is 19.8 Å². The number of ether oxygens (including phenoxy) is 2. The summed E-state index contributed by atoms with van der Waals surface area (Å²) in [5, 5.41) is 3.51. The van der Waals surface area contributed by atoms with Gasteiger partial charge in [-0.1, -0.05) is 0 Å². The molecule has 1 saturated heterocycles. The molecule has 1 unspecified atom stereocenters. The highest BCUT2D eigenvalue weighted by molar-refractivity contribution is 5.81. The average molecular weight is 579 g/mol. The van der Waals surface area contributed by atoms with Crippen LogP contribution in [0.3, 0.4) is 0 Å². The number of anilines is 1. The van der Waals surface area contributed by atoms with E-state index >= 15 is 4.39 Å². The van der Waals surface area contributed by atoms with E-state index in [0.29, 0.717) is 41.5 Å². The van der Waals surface area contributed by atoms with Crippen molar-refractivity contribution in [3.05, 3.63) is 48.0 Å². The van der Waals surface area contributed by atoms with Gasteiger partial charge in [0.05, 0.1) is 34.7 Å². The number of fused-ring (bicyclic) bond motifs is 1. The Morgan fingerprint density at radius 3 is 2.40 bits per heavy atom. The molecule has 4 heterocycles. The Morgan fingerprint density at radius 2 is 1.74 bits per heavy atom. The van der Waals surface area contributed by atoms with Crippen molar-refractivity contribution in [3.8, 4) is 11.4 Å². The van der Waals surface area contributed by atoms with Gasteiger partial charge in [0.15, 0.2) is 0 Å². The highest BCUT2D eigenvalue weighted by Crippen LogP contribution is 2.47.